The quantitative estimate of drug-likeness (QED) is 0.937. The van der Waals surface area contributed by atoms with Gasteiger partial charge in [-0.05, 0) is 30.2 Å². The minimum absolute atomic E-state index is 0.0981. The minimum Gasteiger partial charge on any atom is -0.361 e. The van der Waals surface area contributed by atoms with Crippen LogP contribution in [0.1, 0.15) is 24.2 Å². The number of benzene rings is 1. The van der Waals surface area contributed by atoms with Crippen LogP contribution in [0.5, 0.6) is 0 Å². The second-order valence-electron chi connectivity index (χ2n) is 6.34. The number of sulfone groups is 1. The summed E-state index contributed by atoms with van der Waals surface area (Å²) < 4.78 is 24.3. The summed E-state index contributed by atoms with van der Waals surface area (Å²) in [5.74, 6) is 0.208. The minimum atomic E-state index is -3.10. The summed E-state index contributed by atoms with van der Waals surface area (Å²) in [4.78, 5) is 17.1. The monoisotopic (exact) mass is 320 g/mol. The first-order chi connectivity index (χ1) is 10.4. The number of nitrogens with zero attached hydrogens (tertiary/aromatic N) is 1. The molecule has 1 N–H and O–H groups in total. The van der Waals surface area contributed by atoms with Crippen molar-refractivity contribution < 1.29 is 13.2 Å². The van der Waals surface area contributed by atoms with Crippen molar-refractivity contribution in [3.63, 3.8) is 0 Å². The third-order valence-corrected chi connectivity index (χ3v) is 6.45. The fourth-order valence-corrected chi connectivity index (χ4v) is 4.82. The molecule has 1 aliphatic heterocycles. The Morgan fingerprint density at radius 3 is 2.73 bits per heavy atom. The highest BCUT2D eigenvalue weighted by Crippen LogP contribution is 2.23. The largest absolute Gasteiger partial charge is 0.361 e. The zero-order chi connectivity index (χ0) is 15.9. The molecule has 3 rings (SSSR count). The molecule has 6 heteroatoms. The van der Waals surface area contributed by atoms with Crippen LogP contribution in [0, 0.1) is 5.92 Å². The van der Waals surface area contributed by atoms with Crippen molar-refractivity contribution >= 4 is 26.6 Å². The highest BCUT2D eigenvalue weighted by atomic mass is 32.2. The maximum Gasteiger partial charge on any atom is 0.253 e. The summed E-state index contributed by atoms with van der Waals surface area (Å²) in [7, 11) is -3.10. The molecule has 1 saturated heterocycles. The van der Waals surface area contributed by atoms with Crippen molar-refractivity contribution in [2.24, 2.45) is 5.92 Å². The highest BCUT2D eigenvalue weighted by molar-refractivity contribution is 7.92. The molecule has 0 atom stereocenters. The molecule has 0 spiro atoms. The average molecular weight is 320 g/mol. The number of H-pyrrole nitrogens is 1. The van der Waals surface area contributed by atoms with Crippen LogP contribution in [-0.4, -0.2) is 48.3 Å². The van der Waals surface area contributed by atoms with Gasteiger partial charge >= 0.3 is 0 Å². The molecule has 1 amide bonds. The van der Waals surface area contributed by atoms with E-state index in [-0.39, 0.29) is 17.6 Å². The lowest BCUT2D eigenvalue weighted by Gasteiger charge is -2.39. The van der Waals surface area contributed by atoms with Gasteiger partial charge < -0.3 is 9.88 Å². The number of fused-ring (bicyclic) bond motifs is 1. The van der Waals surface area contributed by atoms with Gasteiger partial charge in [-0.15, -0.1) is 0 Å². The molecule has 1 fully saturated rings. The summed E-state index contributed by atoms with van der Waals surface area (Å²) in [6, 6.07) is 7.40. The van der Waals surface area contributed by atoms with Gasteiger partial charge in [-0.1, -0.05) is 13.8 Å². The first-order valence-electron chi connectivity index (χ1n) is 7.45. The molecule has 1 aromatic heterocycles. The van der Waals surface area contributed by atoms with Gasteiger partial charge in [0.05, 0.1) is 11.0 Å². The van der Waals surface area contributed by atoms with Crippen LogP contribution in [-0.2, 0) is 9.84 Å². The normalized spacial score (nSPS) is 16.2. The molecule has 5 nitrogen and oxygen atoms in total. The molecule has 1 aromatic carbocycles. The molecule has 0 saturated carbocycles. The first kappa shape index (κ1) is 15.1. The number of carbonyl (C=O) groups is 1. The predicted molar refractivity (Wildman–Crippen MR) is 86.6 cm³/mol. The summed E-state index contributed by atoms with van der Waals surface area (Å²) in [5, 5.41) is 0.574. The van der Waals surface area contributed by atoms with Crippen LogP contribution < -0.4 is 0 Å². The number of hydrogen-bond acceptors (Lipinski definition) is 3. The first-order valence-corrected chi connectivity index (χ1v) is 9.16. The average Bonchev–Trinajstić information content (AvgIpc) is 2.81. The van der Waals surface area contributed by atoms with Gasteiger partial charge in [-0.2, -0.15) is 0 Å². The van der Waals surface area contributed by atoms with E-state index >= 15 is 0 Å². The van der Waals surface area contributed by atoms with E-state index < -0.39 is 15.1 Å². The maximum absolute atomic E-state index is 12.4. The maximum atomic E-state index is 12.4. The van der Waals surface area contributed by atoms with Gasteiger partial charge in [-0.3, -0.25) is 4.79 Å². The van der Waals surface area contributed by atoms with Crippen LogP contribution in [0.3, 0.4) is 0 Å². The molecule has 0 bridgehead atoms. The summed E-state index contributed by atoms with van der Waals surface area (Å²) in [6.07, 6.45) is 1.83. The van der Waals surface area contributed by atoms with Gasteiger partial charge in [0.1, 0.15) is 0 Å². The Morgan fingerprint density at radius 1 is 1.32 bits per heavy atom. The smallest absolute Gasteiger partial charge is 0.253 e. The summed E-state index contributed by atoms with van der Waals surface area (Å²) in [5.41, 5.74) is 1.59. The summed E-state index contributed by atoms with van der Waals surface area (Å²) >= 11 is 0. The number of aromatic amines is 1. The second kappa shape index (κ2) is 5.43. The number of amides is 1. The van der Waals surface area contributed by atoms with Gasteiger partial charge in [-0.25, -0.2) is 8.42 Å². The molecule has 0 unspecified atom stereocenters. The fourth-order valence-electron chi connectivity index (χ4n) is 2.80. The number of hydrogen-bond donors (Lipinski definition) is 1. The van der Waals surface area contributed by atoms with Gasteiger partial charge in [0.2, 0.25) is 0 Å². The third kappa shape index (κ3) is 2.75. The number of rotatable bonds is 4. The van der Waals surface area contributed by atoms with Crippen molar-refractivity contribution in [1.82, 2.24) is 9.88 Å². The Kier molecular flexibility index (Phi) is 3.72. The Balaban J connectivity index is 1.68. The molecular weight excluding hydrogens is 300 g/mol. The van der Waals surface area contributed by atoms with Crippen LogP contribution >= 0.6 is 0 Å². The summed E-state index contributed by atoms with van der Waals surface area (Å²) in [6.45, 7) is 4.40. The van der Waals surface area contributed by atoms with Crippen LogP contribution in [0.25, 0.3) is 10.9 Å². The van der Waals surface area contributed by atoms with Crippen LogP contribution in [0.4, 0.5) is 0 Å². The number of likely N-dealkylation sites (tertiary alicyclic amines) is 1. The van der Waals surface area contributed by atoms with Crippen molar-refractivity contribution in [2.45, 2.75) is 19.1 Å². The van der Waals surface area contributed by atoms with Crippen molar-refractivity contribution in [1.29, 1.82) is 0 Å². The molecule has 0 aliphatic carbocycles. The molecule has 22 heavy (non-hydrogen) atoms. The molecule has 0 radical (unpaired) electrons. The molecule has 118 valence electrons. The van der Waals surface area contributed by atoms with E-state index in [1.54, 1.807) is 11.0 Å². The predicted octanol–water partition coefficient (Wildman–Crippen LogP) is 2.06. The fraction of sp³-hybridized carbons (Fsp3) is 0.438. The van der Waals surface area contributed by atoms with Gasteiger partial charge in [0, 0.05) is 35.8 Å². The topological polar surface area (TPSA) is 70.2 Å². The van der Waals surface area contributed by atoms with E-state index in [1.807, 2.05) is 38.2 Å². The highest BCUT2D eigenvalue weighted by Gasteiger charge is 2.39. The SMILES string of the molecule is CC(C)CS(=O)(=O)C1CN(C(=O)c2ccc3[nH]ccc3c2)C1. The van der Waals surface area contributed by atoms with Crippen LogP contribution in [0.15, 0.2) is 30.5 Å². The number of nitrogens with one attached hydrogen (secondary N) is 1. The third-order valence-electron chi connectivity index (χ3n) is 4.01. The number of carbonyl (C=O) groups excluding carboxylic acids is 1. The van der Waals surface area contributed by atoms with E-state index in [1.165, 1.54) is 0 Å². The Hall–Kier alpha value is -1.82. The van der Waals surface area contributed by atoms with Crippen LogP contribution in [0.2, 0.25) is 0 Å². The molecule has 1 aliphatic rings. The van der Waals surface area contributed by atoms with E-state index in [9.17, 15) is 13.2 Å². The standard InChI is InChI=1S/C16H20N2O3S/c1-11(2)10-22(20,21)14-8-18(9-14)16(19)13-3-4-15-12(7-13)5-6-17-15/h3-7,11,14,17H,8-10H2,1-2H3. The van der Waals surface area contributed by atoms with Gasteiger partial charge in [0.25, 0.3) is 5.91 Å². The van der Waals surface area contributed by atoms with E-state index in [0.29, 0.717) is 18.7 Å². The molecular formula is C16H20N2O3S. The Bertz CT molecular complexity index is 802. The zero-order valence-electron chi connectivity index (χ0n) is 12.7. The van der Waals surface area contributed by atoms with E-state index in [2.05, 4.69) is 4.98 Å². The van der Waals surface area contributed by atoms with Crippen molar-refractivity contribution in [3.05, 3.63) is 36.0 Å². The van der Waals surface area contributed by atoms with E-state index in [0.717, 1.165) is 10.9 Å². The lowest BCUT2D eigenvalue weighted by atomic mass is 10.1. The van der Waals surface area contributed by atoms with Crippen molar-refractivity contribution in [3.8, 4) is 0 Å². The van der Waals surface area contributed by atoms with Gasteiger partial charge in [0.15, 0.2) is 9.84 Å². The second-order valence-corrected chi connectivity index (χ2v) is 8.66. The van der Waals surface area contributed by atoms with E-state index in [4.69, 9.17) is 0 Å². The molecule has 2 heterocycles. The zero-order valence-corrected chi connectivity index (χ0v) is 13.6. The lowest BCUT2D eigenvalue weighted by Crippen LogP contribution is -2.57. The molecule has 2 aromatic rings. The lowest BCUT2D eigenvalue weighted by molar-refractivity contribution is 0.0659. The number of aromatic nitrogens is 1. The Labute approximate surface area is 130 Å². The van der Waals surface area contributed by atoms with Crippen molar-refractivity contribution in [2.75, 3.05) is 18.8 Å². The Morgan fingerprint density at radius 2 is 2.05 bits per heavy atom.